The summed E-state index contributed by atoms with van der Waals surface area (Å²) in [5.41, 5.74) is 0. The molecule has 1 fully saturated rings. The summed E-state index contributed by atoms with van der Waals surface area (Å²) in [6, 6.07) is 3.18. The molecule has 1 aliphatic rings. The van der Waals surface area contributed by atoms with Gasteiger partial charge >= 0.3 is 0 Å². The number of pyridine rings is 1. The molecule has 5 nitrogen and oxygen atoms in total. The van der Waals surface area contributed by atoms with Crippen LogP contribution in [0.2, 0.25) is 5.15 Å². The monoisotopic (exact) mass is 367 g/mol. The van der Waals surface area contributed by atoms with Crippen molar-refractivity contribution in [1.82, 2.24) is 15.0 Å². The van der Waals surface area contributed by atoms with E-state index in [0.717, 1.165) is 25.8 Å². The molecular formula is C11H15BrClN3O2S. The fraction of sp³-hybridized carbons (Fsp3) is 0.545. The number of sulfonamides is 1. The standard InChI is InChI=1S/C11H15BrClN3O2S/c12-10-5-4-9(11(13)16-10)19(17,18)15-7-8-3-1-2-6-14-8/h4-5,8,14-15H,1-3,6-7H2. The summed E-state index contributed by atoms with van der Waals surface area (Å²) in [7, 11) is -3.61. The highest BCUT2D eigenvalue weighted by Gasteiger charge is 2.21. The zero-order valence-electron chi connectivity index (χ0n) is 10.2. The zero-order chi connectivity index (χ0) is 13.9. The maximum atomic E-state index is 12.1. The second-order valence-corrected chi connectivity index (χ2v) is 7.33. The minimum absolute atomic E-state index is 0.00757. The number of hydrogen-bond acceptors (Lipinski definition) is 4. The van der Waals surface area contributed by atoms with Crippen LogP contribution < -0.4 is 10.0 Å². The van der Waals surface area contributed by atoms with E-state index in [2.05, 4.69) is 31.0 Å². The Morgan fingerprint density at radius 3 is 2.89 bits per heavy atom. The van der Waals surface area contributed by atoms with Crippen LogP contribution in [0.5, 0.6) is 0 Å². The molecule has 0 radical (unpaired) electrons. The first-order valence-corrected chi connectivity index (χ1v) is 8.69. The Morgan fingerprint density at radius 2 is 2.26 bits per heavy atom. The van der Waals surface area contributed by atoms with Gasteiger partial charge in [-0.15, -0.1) is 0 Å². The number of nitrogens with one attached hydrogen (secondary N) is 2. The molecule has 19 heavy (non-hydrogen) atoms. The van der Waals surface area contributed by atoms with Gasteiger partial charge < -0.3 is 5.32 Å². The molecule has 1 saturated heterocycles. The molecule has 0 saturated carbocycles. The highest BCUT2D eigenvalue weighted by atomic mass is 79.9. The zero-order valence-corrected chi connectivity index (χ0v) is 13.4. The summed E-state index contributed by atoms with van der Waals surface area (Å²) < 4.78 is 27.3. The Morgan fingerprint density at radius 1 is 1.47 bits per heavy atom. The van der Waals surface area contributed by atoms with Crippen molar-refractivity contribution in [3.05, 3.63) is 21.9 Å². The summed E-state index contributed by atoms with van der Waals surface area (Å²) >= 11 is 9.00. The number of nitrogens with zero attached hydrogens (tertiary/aromatic N) is 1. The molecule has 2 heterocycles. The van der Waals surface area contributed by atoms with E-state index in [4.69, 9.17) is 11.6 Å². The van der Waals surface area contributed by atoms with Crippen LogP contribution in [0.25, 0.3) is 0 Å². The lowest BCUT2D eigenvalue weighted by molar-refractivity contribution is 0.398. The van der Waals surface area contributed by atoms with Gasteiger partial charge in [-0.05, 0) is 47.4 Å². The minimum atomic E-state index is -3.61. The molecule has 1 aromatic rings. The first-order valence-electron chi connectivity index (χ1n) is 6.04. The Balaban J connectivity index is 2.05. The molecule has 1 atom stereocenters. The lowest BCUT2D eigenvalue weighted by Gasteiger charge is -2.23. The first kappa shape index (κ1) is 15.2. The van der Waals surface area contributed by atoms with Gasteiger partial charge in [0.05, 0.1) is 0 Å². The molecular weight excluding hydrogens is 354 g/mol. The van der Waals surface area contributed by atoms with Crippen LogP contribution in [-0.4, -0.2) is 32.5 Å². The van der Waals surface area contributed by atoms with Gasteiger partial charge in [0.25, 0.3) is 0 Å². The predicted molar refractivity (Wildman–Crippen MR) is 77.8 cm³/mol. The Labute approximate surface area is 126 Å². The third-order valence-electron chi connectivity index (χ3n) is 3.00. The van der Waals surface area contributed by atoms with E-state index >= 15 is 0 Å². The van der Waals surface area contributed by atoms with Crippen LogP contribution >= 0.6 is 27.5 Å². The van der Waals surface area contributed by atoms with Crippen molar-refractivity contribution in [3.8, 4) is 0 Å². The normalized spacial score (nSPS) is 20.4. The second kappa shape index (κ2) is 6.49. The molecule has 0 aromatic carbocycles. The van der Waals surface area contributed by atoms with E-state index in [1.54, 1.807) is 6.07 Å². The molecule has 1 aliphatic heterocycles. The van der Waals surface area contributed by atoms with Gasteiger partial charge in [-0.3, -0.25) is 0 Å². The van der Waals surface area contributed by atoms with Crippen molar-refractivity contribution in [2.75, 3.05) is 13.1 Å². The van der Waals surface area contributed by atoms with Crippen molar-refractivity contribution in [1.29, 1.82) is 0 Å². The summed E-state index contributed by atoms with van der Waals surface area (Å²) in [5.74, 6) is 0. The smallest absolute Gasteiger partial charge is 0.243 e. The van der Waals surface area contributed by atoms with Gasteiger partial charge in [-0.2, -0.15) is 0 Å². The SMILES string of the molecule is O=S(=O)(NCC1CCCCN1)c1ccc(Br)nc1Cl. The van der Waals surface area contributed by atoms with Crippen molar-refractivity contribution in [3.63, 3.8) is 0 Å². The molecule has 2 rings (SSSR count). The van der Waals surface area contributed by atoms with Crippen LogP contribution in [0, 0.1) is 0 Å². The third kappa shape index (κ3) is 4.13. The minimum Gasteiger partial charge on any atom is -0.313 e. The molecule has 2 N–H and O–H groups in total. The van der Waals surface area contributed by atoms with Crippen molar-refractivity contribution >= 4 is 37.6 Å². The maximum Gasteiger partial charge on any atom is 0.243 e. The van der Waals surface area contributed by atoms with Crippen molar-refractivity contribution in [2.24, 2.45) is 0 Å². The van der Waals surface area contributed by atoms with Gasteiger partial charge in [0.15, 0.2) is 0 Å². The van der Waals surface area contributed by atoms with Crippen molar-refractivity contribution < 1.29 is 8.42 Å². The van der Waals surface area contributed by atoms with Crippen LogP contribution in [-0.2, 0) is 10.0 Å². The van der Waals surface area contributed by atoms with E-state index < -0.39 is 10.0 Å². The highest BCUT2D eigenvalue weighted by molar-refractivity contribution is 9.10. The van der Waals surface area contributed by atoms with Crippen molar-refractivity contribution in [2.45, 2.75) is 30.2 Å². The average Bonchev–Trinajstić information content (AvgIpc) is 2.37. The summed E-state index contributed by atoms with van der Waals surface area (Å²) in [6.07, 6.45) is 3.25. The average molecular weight is 369 g/mol. The largest absolute Gasteiger partial charge is 0.313 e. The van der Waals surface area contributed by atoms with Crippen LogP contribution in [0.1, 0.15) is 19.3 Å². The Kier molecular flexibility index (Phi) is 5.19. The number of aromatic nitrogens is 1. The number of hydrogen-bond donors (Lipinski definition) is 2. The molecule has 0 spiro atoms. The quantitative estimate of drug-likeness (QED) is 0.797. The maximum absolute atomic E-state index is 12.1. The van der Waals surface area contributed by atoms with E-state index in [0.29, 0.717) is 11.1 Å². The molecule has 1 aromatic heterocycles. The second-order valence-electron chi connectivity index (χ2n) is 4.42. The van der Waals surface area contributed by atoms with Crippen LogP contribution in [0.15, 0.2) is 21.6 Å². The molecule has 106 valence electrons. The topological polar surface area (TPSA) is 71.1 Å². The fourth-order valence-corrected chi connectivity index (χ4v) is 3.95. The summed E-state index contributed by atoms with van der Waals surface area (Å²) in [4.78, 5) is 3.89. The highest BCUT2D eigenvalue weighted by Crippen LogP contribution is 2.21. The van der Waals surface area contributed by atoms with E-state index in [1.165, 1.54) is 6.07 Å². The fourth-order valence-electron chi connectivity index (χ4n) is 1.99. The lowest BCUT2D eigenvalue weighted by Crippen LogP contribution is -2.43. The molecule has 1 unspecified atom stereocenters. The first-order chi connectivity index (χ1) is 8.99. The predicted octanol–water partition coefficient (Wildman–Crippen LogP) is 1.92. The number of halogens is 2. The van der Waals surface area contributed by atoms with Gasteiger partial charge in [-0.1, -0.05) is 18.0 Å². The van der Waals surface area contributed by atoms with E-state index in [1.807, 2.05) is 0 Å². The van der Waals surface area contributed by atoms with E-state index in [9.17, 15) is 8.42 Å². The summed E-state index contributed by atoms with van der Waals surface area (Å²) in [5, 5.41) is 3.25. The lowest BCUT2D eigenvalue weighted by atomic mass is 10.1. The molecule has 8 heteroatoms. The third-order valence-corrected chi connectivity index (χ3v) is 5.30. The van der Waals surface area contributed by atoms with Crippen LogP contribution in [0.3, 0.4) is 0 Å². The van der Waals surface area contributed by atoms with Crippen LogP contribution in [0.4, 0.5) is 0 Å². The number of rotatable bonds is 4. The van der Waals surface area contributed by atoms with Gasteiger partial charge in [-0.25, -0.2) is 18.1 Å². The Bertz CT molecular complexity index is 547. The van der Waals surface area contributed by atoms with Gasteiger partial charge in [0.1, 0.15) is 14.7 Å². The van der Waals surface area contributed by atoms with Gasteiger partial charge in [0, 0.05) is 12.6 Å². The molecule has 0 aliphatic carbocycles. The molecule has 0 amide bonds. The Hall–Kier alpha value is -0.210. The van der Waals surface area contributed by atoms with E-state index in [-0.39, 0.29) is 16.1 Å². The summed E-state index contributed by atoms with van der Waals surface area (Å²) in [6.45, 7) is 1.31. The van der Waals surface area contributed by atoms with Gasteiger partial charge in [0.2, 0.25) is 10.0 Å². The number of piperidine rings is 1. The molecule has 0 bridgehead atoms.